The molecule has 552 valence electrons. The van der Waals surface area contributed by atoms with Crippen molar-refractivity contribution in [2.45, 2.75) is 196 Å². The largest absolute Gasteiger partial charge is 0.370 e. The minimum atomic E-state index is -0.979. The summed E-state index contributed by atoms with van der Waals surface area (Å²) < 4.78 is 0. The van der Waals surface area contributed by atoms with E-state index in [1.165, 1.54) is 21.6 Å². The lowest BCUT2D eigenvalue weighted by Crippen LogP contribution is -2.53. The molecule has 0 bridgehead atoms. The maximum absolute atomic E-state index is 15.0. The van der Waals surface area contributed by atoms with Crippen LogP contribution in [0.2, 0.25) is 0 Å². The summed E-state index contributed by atoms with van der Waals surface area (Å²) >= 11 is 0. The molecule has 12 atom stereocenters. The third-order valence-electron chi connectivity index (χ3n) is 21.2. The third kappa shape index (κ3) is 18.5. The molecule has 13 amide bonds. The molecule has 0 spiro atoms. The third-order valence-corrected chi connectivity index (χ3v) is 21.2. The second-order valence-electron chi connectivity index (χ2n) is 28.5. The number of likely N-dealkylation sites (tertiary alicyclic amines) is 6. The Bertz CT molecular complexity index is 4220. The summed E-state index contributed by atoms with van der Waals surface area (Å²) in [6.07, 6.45) is -2.73. The Hall–Kier alpha value is -11.6. The molecule has 0 radical (unpaired) electrons. The fourth-order valence-electron chi connectivity index (χ4n) is 16.1. The molecule has 6 aromatic rings. The summed E-state index contributed by atoms with van der Waals surface area (Å²) in [7, 11) is 0. The van der Waals surface area contributed by atoms with E-state index < -0.39 is 108 Å². The predicted molar refractivity (Wildman–Crippen MR) is 387 cm³/mol. The number of nitrogens with two attached hydrogens (primary N) is 1. The lowest BCUT2D eigenvalue weighted by atomic mass is 9.99. The number of carbonyl (C=O) groups excluding carboxylic acids is 13. The molecule has 26 heteroatoms. The molecule has 6 fully saturated rings. The molecule has 0 saturated carbocycles. The first kappa shape index (κ1) is 74.2. The zero-order valence-electron chi connectivity index (χ0n) is 59.0. The van der Waals surface area contributed by atoms with Crippen molar-refractivity contribution in [1.29, 1.82) is 0 Å². The van der Waals surface area contributed by atoms with Crippen molar-refractivity contribution in [1.82, 2.24) is 61.3 Å². The average Bonchev–Trinajstić information content (AvgIpc) is 1.66. The van der Waals surface area contributed by atoms with Crippen molar-refractivity contribution < 1.29 is 62.3 Å². The van der Waals surface area contributed by atoms with Crippen molar-refractivity contribution in [2.24, 2.45) is 5.73 Å². The fourth-order valence-corrected chi connectivity index (χ4v) is 16.1. The van der Waals surface area contributed by atoms with Gasteiger partial charge in [-0.15, -0.1) is 0 Å². The van der Waals surface area contributed by atoms with Crippen LogP contribution in [0.5, 0.6) is 0 Å². The molecule has 0 unspecified atom stereocenters. The molecular weight excluding hydrogens is 1350 g/mol. The van der Waals surface area contributed by atoms with Crippen molar-refractivity contribution in [2.75, 3.05) is 0 Å². The molecular formula is C80H89N13O13. The van der Waals surface area contributed by atoms with Gasteiger partial charge in [0.05, 0.1) is 72.5 Å². The summed E-state index contributed by atoms with van der Waals surface area (Å²) in [5.41, 5.74) is 10.4. The first-order valence-corrected chi connectivity index (χ1v) is 36.2. The first-order chi connectivity index (χ1) is 51.2. The van der Waals surface area contributed by atoms with Crippen molar-refractivity contribution in [3.63, 3.8) is 0 Å². The summed E-state index contributed by atoms with van der Waals surface area (Å²) in [5, 5.41) is 18.0. The Morgan fingerprint density at radius 3 is 0.594 bits per heavy atom. The Labute approximate surface area is 614 Å². The number of hydrogen-bond acceptors (Lipinski definition) is 13. The molecule has 6 aliphatic heterocycles. The molecule has 6 heterocycles. The van der Waals surface area contributed by atoms with E-state index in [2.05, 4.69) is 31.9 Å². The van der Waals surface area contributed by atoms with Gasteiger partial charge in [0, 0.05) is 123 Å². The SMILES string of the molecule is CC(=O)N[C@H]1CC(=O)N(Cc2ccccc2)[C@@H]1CC(=O)N[C@H]1CC(=O)N(Cc2ccccc2)[C@@H]1CC(=O)N[C@H]1CC(=O)N(Cc2ccccc2)[C@@H]1CC(=O)N[C@H]1CC(=O)N(Cc2ccccc2)[C@@H]1CC(=O)N[C@H]1CC(=O)N(Cc2ccccc2)[C@@H]1CC(=O)N[C@H]1CC(=O)N(Cc2ccccc2)[C@@H]1CC(N)=O. The van der Waals surface area contributed by atoms with E-state index in [0.29, 0.717) is 0 Å². The van der Waals surface area contributed by atoms with Gasteiger partial charge in [-0.2, -0.15) is 0 Å². The van der Waals surface area contributed by atoms with Crippen LogP contribution in [0.15, 0.2) is 182 Å². The van der Waals surface area contributed by atoms with Gasteiger partial charge in [-0.25, -0.2) is 0 Å². The standard InChI is InChI=1S/C80H89N13O13/c1-50(94)82-57-32-75(101)89(45-52-22-10-3-11-23-52)64(57)39-70(96)84-59-34-77(103)91(47-54-26-14-5-15-27-54)66(59)41-72(98)86-61-36-79(105)93(49-56-30-18-7-19-31-56)68(61)43-74(100)87-62-37-80(106)92(48-55-28-16-6-17-29-55)67(62)42-73(99)85-60-35-78(104)90(46-53-24-12-4-13-25-53)65(60)40-71(97)83-58-33-76(102)88(63(58)38-69(81)95)44-51-20-8-2-9-21-51/h2-31,57-68H,32-49H2,1H3,(H2,81,95)(H,82,94)(H,83,97)(H,84,96)(H,85,99)(H,86,98)(H,87,100)/t57-,58-,59-,60-,61-,62-,63+,64+,65+,66+,67+,68+/m0/s1. The summed E-state index contributed by atoms with van der Waals surface area (Å²) in [4.78, 5) is 192. The highest BCUT2D eigenvalue weighted by atomic mass is 16.2. The molecule has 12 rings (SSSR count). The lowest BCUT2D eigenvalue weighted by Gasteiger charge is -2.32. The molecule has 8 N–H and O–H groups in total. The predicted octanol–water partition coefficient (Wildman–Crippen LogP) is 3.55. The van der Waals surface area contributed by atoms with Crippen LogP contribution in [0.3, 0.4) is 0 Å². The smallest absolute Gasteiger partial charge is 0.225 e. The molecule has 0 aromatic heterocycles. The molecule has 0 aliphatic carbocycles. The Kier molecular flexibility index (Phi) is 23.7. The van der Waals surface area contributed by atoms with E-state index in [9.17, 15) is 57.5 Å². The molecule has 6 aromatic carbocycles. The van der Waals surface area contributed by atoms with Crippen molar-refractivity contribution in [3.8, 4) is 0 Å². The van der Waals surface area contributed by atoms with Crippen molar-refractivity contribution >= 4 is 76.8 Å². The number of nitrogens with one attached hydrogen (secondary N) is 6. The molecule has 6 aliphatic rings. The van der Waals surface area contributed by atoms with E-state index in [1.807, 2.05) is 182 Å². The lowest BCUT2D eigenvalue weighted by molar-refractivity contribution is -0.132. The van der Waals surface area contributed by atoms with Gasteiger partial charge in [0.25, 0.3) is 0 Å². The Balaban J connectivity index is 0.760. The minimum Gasteiger partial charge on any atom is -0.370 e. The van der Waals surface area contributed by atoms with Gasteiger partial charge in [0.2, 0.25) is 76.8 Å². The van der Waals surface area contributed by atoms with Crippen LogP contribution in [0.25, 0.3) is 0 Å². The van der Waals surface area contributed by atoms with E-state index in [4.69, 9.17) is 5.73 Å². The van der Waals surface area contributed by atoms with Gasteiger partial charge in [0.1, 0.15) is 0 Å². The van der Waals surface area contributed by atoms with E-state index in [0.717, 1.165) is 33.4 Å². The van der Waals surface area contributed by atoms with Gasteiger partial charge < -0.3 is 67.0 Å². The normalized spacial score (nSPS) is 24.2. The number of hydrogen-bond donors (Lipinski definition) is 7. The quantitative estimate of drug-likeness (QED) is 0.0340. The van der Waals surface area contributed by atoms with Gasteiger partial charge >= 0.3 is 0 Å². The van der Waals surface area contributed by atoms with Crippen molar-refractivity contribution in [3.05, 3.63) is 215 Å². The maximum Gasteiger partial charge on any atom is 0.225 e. The second-order valence-corrected chi connectivity index (χ2v) is 28.5. The zero-order valence-corrected chi connectivity index (χ0v) is 59.0. The summed E-state index contributed by atoms with van der Waals surface area (Å²) in [6.45, 7) is 2.02. The van der Waals surface area contributed by atoms with E-state index in [-0.39, 0.29) is 158 Å². The first-order valence-electron chi connectivity index (χ1n) is 36.2. The highest BCUT2D eigenvalue weighted by molar-refractivity contribution is 5.91. The zero-order chi connectivity index (χ0) is 74.5. The van der Waals surface area contributed by atoms with Crippen LogP contribution in [-0.2, 0) is 102 Å². The number of amides is 13. The number of benzene rings is 6. The monoisotopic (exact) mass is 1440 g/mol. The highest BCUT2D eigenvalue weighted by Crippen LogP contribution is 2.34. The number of carbonyl (C=O) groups is 13. The van der Waals surface area contributed by atoms with E-state index in [1.54, 1.807) is 14.7 Å². The minimum absolute atomic E-state index is 0.0244. The fraction of sp³-hybridized carbons (Fsp3) is 0.388. The number of rotatable bonds is 30. The van der Waals surface area contributed by atoms with Crippen LogP contribution in [0.4, 0.5) is 0 Å². The maximum atomic E-state index is 15.0. The second kappa shape index (κ2) is 33.9. The highest BCUT2D eigenvalue weighted by Gasteiger charge is 2.50. The van der Waals surface area contributed by atoms with Crippen LogP contribution in [-0.4, -0.2) is 179 Å². The van der Waals surface area contributed by atoms with Gasteiger partial charge in [-0.1, -0.05) is 182 Å². The van der Waals surface area contributed by atoms with E-state index >= 15 is 4.79 Å². The van der Waals surface area contributed by atoms with Crippen LogP contribution >= 0.6 is 0 Å². The van der Waals surface area contributed by atoms with Crippen LogP contribution in [0, 0.1) is 0 Å². The van der Waals surface area contributed by atoms with Gasteiger partial charge in [-0.05, 0) is 33.4 Å². The number of primary amides is 1. The Morgan fingerprint density at radius 2 is 0.434 bits per heavy atom. The average molecular weight is 1440 g/mol. The van der Waals surface area contributed by atoms with Gasteiger partial charge in [-0.3, -0.25) is 62.3 Å². The molecule has 6 saturated heterocycles. The van der Waals surface area contributed by atoms with Gasteiger partial charge in [0.15, 0.2) is 0 Å². The topological polar surface area (TPSA) is 340 Å². The molecule has 26 nitrogen and oxygen atoms in total. The number of nitrogens with zero attached hydrogens (tertiary/aromatic N) is 6. The van der Waals surface area contributed by atoms with Crippen LogP contribution in [0.1, 0.15) is 117 Å². The summed E-state index contributed by atoms with van der Waals surface area (Å²) in [5.74, 6) is -5.77. The molecule has 106 heavy (non-hydrogen) atoms. The Morgan fingerprint density at radius 1 is 0.274 bits per heavy atom. The van der Waals surface area contributed by atoms with Crippen LogP contribution < -0.4 is 37.6 Å². The summed E-state index contributed by atoms with van der Waals surface area (Å²) in [6, 6.07) is 44.5.